The third-order valence-electron chi connectivity index (χ3n) is 3.44. The molecule has 0 radical (unpaired) electrons. The van der Waals surface area contributed by atoms with Crippen LogP contribution in [0.4, 0.5) is 0 Å². The average molecular weight is 375 g/mol. The number of nitrogens with one attached hydrogen (secondary N) is 1. The molecular formula is C16H17N5O2S2. The molecule has 0 aliphatic carbocycles. The third-order valence-corrected chi connectivity index (χ3v) is 5.49. The van der Waals surface area contributed by atoms with Crippen LogP contribution in [0.3, 0.4) is 0 Å². The van der Waals surface area contributed by atoms with Gasteiger partial charge in [0.25, 0.3) is 0 Å². The van der Waals surface area contributed by atoms with E-state index in [0.29, 0.717) is 16.6 Å². The summed E-state index contributed by atoms with van der Waals surface area (Å²) in [7, 11) is 0. The van der Waals surface area contributed by atoms with Gasteiger partial charge in [-0.15, -0.1) is 21.5 Å². The average Bonchev–Trinajstić information content (AvgIpc) is 3.17. The van der Waals surface area contributed by atoms with E-state index in [1.54, 1.807) is 6.07 Å². The van der Waals surface area contributed by atoms with Gasteiger partial charge < -0.3 is 5.32 Å². The number of rotatable bonds is 6. The van der Waals surface area contributed by atoms with Crippen LogP contribution < -0.4 is 5.32 Å². The molecule has 0 fully saturated rings. The van der Waals surface area contributed by atoms with Gasteiger partial charge in [-0.05, 0) is 26.0 Å². The van der Waals surface area contributed by atoms with Crippen LogP contribution in [0.15, 0.2) is 23.4 Å². The normalized spacial score (nSPS) is 11.0. The Hall–Kier alpha value is -2.26. The van der Waals surface area contributed by atoms with Crippen LogP contribution >= 0.6 is 23.1 Å². The molecule has 7 nitrogen and oxygen atoms in total. The van der Waals surface area contributed by atoms with Gasteiger partial charge in [0.05, 0.1) is 17.2 Å². The maximum absolute atomic E-state index is 12.4. The standard InChI is InChI=1S/C16H17N5O2S2/c1-9-6-15-19-20-16(21(15)10(2)18-9)24-8-13(23)14-5-4-12(25-14)7-17-11(3)22/h4-6H,7-8H2,1-3H3,(H,17,22). The Labute approximate surface area is 152 Å². The quantitative estimate of drug-likeness (QED) is 0.526. The number of aromatic nitrogens is 4. The number of hydrogen-bond acceptors (Lipinski definition) is 7. The molecule has 0 unspecified atom stereocenters. The van der Waals surface area contributed by atoms with Crippen molar-refractivity contribution in [3.63, 3.8) is 0 Å². The summed E-state index contributed by atoms with van der Waals surface area (Å²) in [6, 6.07) is 5.52. The van der Waals surface area contributed by atoms with Gasteiger partial charge in [0.15, 0.2) is 16.6 Å². The summed E-state index contributed by atoms with van der Waals surface area (Å²) in [6.07, 6.45) is 0. The molecule has 3 aromatic rings. The number of hydrogen-bond donors (Lipinski definition) is 1. The van der Waals surface area contributed by atoms with Crippen LogP contribution in [0.2, 0.25) is 0 Å². The Morgan fingerprint density at radius 2 is 2.08 bits per heavy atom. The van der Waals surface area contributed by atoms with E-state index >= 15 is 0 Å². The Bertz CT molecular complexity index is 947. The Kier molecular flexibility index (Phi) is 5.14. The minimum Gasteiger partial charge on any atom is -0.351 e. The lowest BCUT2D eigenvalue weighted by Crippen LogP contribution is -2.18. The van der Waals surface area contributed by atoms with Crippen molar-refractivity contribution in [3.8, 4) is 0 Å². The Morgan fingerprint density at radius 3 is 2.84 bits per heavy atom. The van der Waals surface area contributed by atoms with E-state index in [1.165, 1.54) is 30.0 Å². The van der Waals surface area contributed by atoms with E-state index in [9.17, 15) is 9.59 Å². The molecule has 0 spiro atoms. The molecule has 3 rings (SSSR count). The van der Waals surface area contributed by atoms with Crippen molar-refractivity contribution in [2.45, 2.75) is 32.5 Å². The molecule has 25 heavy (non-hydrogen) atoms. The number of fused-ring (bicyclic) bond motifs is 1. The lowest BCUT2D eigenvalue weighted by molar-refractivity contribution is -0.119. The molecule has 0 aliphatic rings. The van der Waals surface area contributed by atoms with Crippen molar-refractivity contribution < 1.29 is 9.59 Å². The zero-order chi connectivity index (χ0) is 18.0. The Morgan fingerprint density at radius 1 is 1.28 bits per heavy atom. The van der Waals surface area contributed by atoms with Gasteiger partial charge in [0, 0.05) is 23.6 Å². The monoisotopic (exact) mass is 375 g/mol. The second-order valence-corrected chi connectivity index (χ2v) is 7.62. The molecule has 0 atom stereocenters. The summed E-state index contributed by atoms with van der Waals surface area (Å²) < 4.78 is 1.85. The van der Waals surface area contributed by atoms with Crippen molar-refractivity contribution in [2.24, 2.45) is 0 Å². The van der Waals surface area contributed by atoms with Crippen molar-refractivity contribution in [1.82, 2.24) is 24.9 Å². The van der Waals surface area contributed by atoms with E-state index < -0.39 is 0 Å². The van der Waals surface area contributed by atoms with Gasteiger partial charge in [0.2, 0.25) is 5.91 Å². The summed E-state index contributed by atoms with van der Waals surface area (Å²) in [5.74, 6) is 1.01. The molecule has 0 aromatic carbocycles. The van der Waals surface area contributed by atoms with E-state index in [0.717, 1.165) is 22.0 Å². The molecule has 3 heterocycles. The number of nitrogens with zero attached hydrogens (tertiary/aromatic N) is 4. The highest BCUT2D eigenvalue weighted by Crippen LogP contribution is 2.23. The van der Waals surface area contributed by atoms with Crippen LogP contribution in [0, 0.1) is 13.8 Å². The smallest absolute Gasteiger partial charge is 0.217 e. The SMILES string of the molecule is CC(=O)NCc1ccc(C(=O)CSc2nnc3cc(C)nc(C)n23)s1. The van der Waals surface area contributed by atoms with Crippen molar-refractivity contribution >= 4 is 40.4 Å². The number of amides is 1. The predicted octanol–water partition coefficient (Wildman–Crippen LogP) is 2.41. The van der Waals surface area contributed by atoms with Crippen LogP contribution in [0.1, 0.15) is 33.0 Å². The van der Waals surface area contributed by atoms with Crippen molar-refractivity contribution in [1.29, 1.82) is 0 Å². The molecule has 0 bridgehead atoms. The number of carbonyl (C=O) groups excluding carboxylic acids is 2. The second kappa shape index (κ2) is 7.32. The highest BCUT2D eigenvalue weighted by atomic mass is 32.2. The molecule has 9 heteroatoms. The number of ketones is 1. The number of aryl methyl sites for hydroxylation is 2. The Balaban J connectivity index is 1.68. The van der Waals surface area contributed by atoms with Gasteiger partial charge in [-0.2, -0.15) is 0 Å². The fourth-order valence-electron chi connectivity index (χ4n) is 2.33. The molecule has 3 aromatic heterocycles. The molecular weight excluding hydrogens is 358 g/mol. The van der Waals surface area contributed by atoms with Gasteiger partial charge in [-0.1, -0.05) is 11.8 Å². The van der Waals surface area contributed by atoms with Gasteiger partial charge in [-0.25, -0.2) is 4.98 Å². The van der Waals surface area contributed by atoms with Crippen molar-refractivity contribution in [3.05, 3.63) is 39.5 Å². The van der Waals surface area contributed by atoms with Crippen LogP contribution in [0.5, 0.6) is 0 Å². The summed E-state index contributed by atoms with van der Waals surface area (Å²) in [5.41, 5.74) is 1.61. The van der Waals surface area contributed by atoms with Crippen LogP contribution in [0.25, 0.3) is 5.65 Å². The fraction of sp³-hybridized carbons (Fsp3) is 0.312. The van der Waals surface area contributed by atoms with E-state index in [-0.39, 0.29) is 17.4 Å². The fourth-order valence-corrected chi connectivity index (χ4v) is 4.18. The van der Waals surface area contributed by atoms with Gasteiger partial charge >= 0.3 is 0 Å². The zero-order valence-corrected chi connectivity index (χ0v) is 15.7. The molecule has 0 saturated heterocycles. The zero-order valence-electron chi connectivity index (χ0n) is 14.1. The van der Waals surface area contributed by atoms with Crippen LogP contribution in [-0.4, -0.2) is 37.0 Å². The number of thioether (sulfide) groups is 1. The minimum absolute atomic E-state index is 0.0264. The maximum atomic E-state index is 12.4. The molecule has 0 aliphatic heterocycles. The van der Waals surface area contributed by atoms with E-state index in [1.807, 2.05) is 30.4 Å². The first kappa shape index (κ1) is 17.6. The lowest BCUT2D eigenvalue weighted by Gasteiger charge is -2.03. The molecule has 1 N–H and O–H groups in total. The first-order valence-corrected chi connectivity index (χ1v) is 9.43. The van der Waals surface area contributed by atoms with E-state index in [4.69, 9.17) is 0 Å². The summed E-state index contributed by atoms with van der Waals surface area (Å²) in [4.78, 5) is 29.4. The highest BCUT2D eigenvalue weighted by molar-refractivity contribution is 7.99. The largest absolute Gasteiger partial charge is 0.351 e. The second-order valence-electron chi connectivity index (χ2n) is 5.51. The first-order chi connectivity index (χ1) is 11.9. The summed E-state index contributed by atoms with van der Waals surface area (Å²) >= 11 is 2.74. The minimum atomic E-state index is -0.0882. The molecule has 1 amide bonds. The van der Waals surface area contributed by atoms with Gasteiger partial charge in [-0.3, -0.25) is 14.0 Å². The lowest BCUT2D eigenvalue weighted by atomic mass is 10.3. The summed E-state index contributed by atoms with van der Waals surface area (Å²) in [5, 5.41) is 11.7. The third kappa shape index (κ3) is 4.05. The number of carbonyl (C=O) groups is 2. The van der Waals surface area contributed by atoms with Crippen molar-refractivity contribution in [2.75, 3.05) is 5.75 Å². The summed E-state index contributed by atoms with van der Waals surface area (Å²) in [6.45, 7) is 5.72. The number of thiophene rings is 1. The topological polar surface area (TPSA) is 89.2 Å². The van der Waals surface area contributed by atoms with Gasteiger partial charge in [0.1, 0.15) is 5.82 Å². The highest BCUT2D eigenvalue weighted by Gasteiger charge is 2.14. The first-order valence-electron chi connectivity index (χ1n) is 7.62. The maximum Gasteiger partial charge on any atom is 0.217 e. The predicted molar refractivity (Wildman–Crippen MR) is 97.2 cm³/mol. The molecule has 130 valence electrons. The van der Waals surface area contributed by atoms with E-state index in [2.05, 4.69) is 20.5 Å². The number of Topliss-reactive ketones (excluding diaryl/α,β-unsaturated/α-hetero) is 1. The van der Waals surface area contributed by atoms with Crippen LogP contribution in [-0.2, 0) is 11.3 Å². The molecule has 0 saturated carbocycles.